The van der Waals surface area contributed by atoms with Gasteiger partial charge >= 0.3 is 6.18 Å². The van der Waals surface area contributed by atoms with Crippen molar-refractivity contribution in [1.29, 1.82) is 0 Å². The van der Waals surface area contributed by atoms with E-state index in [-0.39, 0.29) is 17.2 Å². The van der Waals surface area contributed by atoms with E-state index in [1.807, 2.05) is 13.0 Å². The number of amides is 1. The van der Waals surface area contributed by atoms with Gasteiger partial charge in [0.05, 0.1) is 30.7 Å². The van der Waals surface area contributed by atoms with Crippen molar-refractivity contribution in [2.75, 3.05) is 31.6 Å². The molecule has 0 bridgehead atoms. The molecule has 4 aromatic rings. The Morgan fingerprint density at radius 2 is 2.08 bits per heavy atom. The fourth-order valence-electron chi connectivity index (χ4n) is 4.11. The molecule has 1 amide bonds. The standard InChI is InChI=1S/C27H29F3N8O2/c1-4-17(3)38-16-21(23(36-38)27(28,29)30)22-15-34-25-24(32-9-11-37(22)25)35-19-6-7-20(18(5-2)14-19)26(39)33-10-13-40-12-8-31/h1,6-7,9,11,14-17H,5,8,10,12-13,31H2,2-3H3,(H,32,35)(H,33,39). The van der Waals surface area contributed by atoms with Crippen LogP contribution in [0, 0.1) is 12.3 Å². The monoisotopic (exact) mass is 554 g/mol. The minimum atomic E-state index is -4.70. The predicted molar refractivity (Wildman–Crippen MR) is 144 cm³/mol. The van der Waals surface area contributed by atoms with Crippen LogP contribution in [0.2, 0.25) is 0 Å². The number of benzene rings is 1. The van der Waals surface area contributed by atoms with E-state index in [1.54, 1.807) is 19.1 Å². The molecule has 0 aliphatic carbocycles. The van der Waals surface area contributed by atoms with E-state index in [0.717, 1.165) is 10.2 Å². The first-order chi connectivity index (χ1) is 19.2. The van der Waals surface area contributed by atoms with Gasteiger partial charge in [0, 0.05) is 42.9 Å². The Bertz CT molecular complexity index is 1540. The summed E-state index contributed by atoms with van der Waals surface area (Å²) in [6, 6.07) is 4.57. The van der Waals surface area contributed by atoms with Crippen LogP contribution in [0.1, 0.15) is 41.5 Å². The average Bonchev–Trinajstić information content (AvgIpc) is 3.58. The molecule has 0 fully saturated rings. The molecule has 0 aliphatic rings. The third-order valence-electron chi connectivity index (χ3n) is 6.13. The number of rotatable bonds is 11. The van der Waals surface area contributed by atoms with Crippen LogP contribution in [0.15, 0.2) is 43.0 Å². The maximum Gasteiger partial charge on any atom is 0.435 e. The van der Waals surface area contributed by atoms with E-state index in [0.29, 0.717) is 55.4 Å². The smallest absolute Gasteiger partial charge is 0.378 e. The maximum atomic E-state index is 13.8. The number of fused-ring (bicyclic) bond motifs is 1. The fourth-order valence-corrected chi connectivity index (χ4v) is 4.11. The summed E-state index contributed by atoms with van der Waals surface area (Å²) < 4.78 is 49.4. The third kappa shape index (κ3) is 6.08. The van der Waals surface area contributed by atoms with Crippen molar-refractivity contribution in [2.45, 2.75) is 32.5 Å². The Kier molecular flexibility index (Phi) is 8.71. The number of anilines is 2. The number of aromatic nitrogens is 5. The van der Waals surface area contributed by atoms with Gasteiger partial charge in [0.25, 0.3) is 5.91 Å². The van der Waals surface area contributed by atoms with Crippen LogP contribution >= 0.6 is 0 Å². The van der Waals surface area contributed by atoms with E-state index in [1.165, 1.54) is 29.2 Å². The lowest BCUT2D eigenvalue weighted by atomic mass is 10.0. The largest absolute Gasteiger partial charge is 0.435 e. The van der Waals surface area contributed by atoms with Crippen LogP contribution in [0.5, 0.6) is 0 Å². The third-order valence-corrected chi connectivity index (χ3v) is 6.13. The Morgan fingerprint density at radius 1 is 1.27 bits per heavy atom. The highest BCUT2D eigenvalue weighted by Gasteiger charge is 2.38. The van der Waals surface area contributed by atoms with Gasteiger partial charge in [-0.25, -0.2) is 9.97 Å². The molecule has 1 atom stereocenters. The first kappa shape index (κ1) is 28.6. The number of nitrogens with zero attached hydrogens (tertiary/aromatic N) is 5. The van der Waals surface area contributed by atoms with Gasteiger partial charge in [-0.05, 0) is 37.1 Å². The van der Waals surface area contributed by atoms with Crippen LogP contribution in [0.4, 0.5) is 24.7 Å². The van der Waals surface area contributed by atoms with Crippen molar-refractivity contribution in [3.63, 3.8) is 0 Å². The molecule has 3 heterocycles. The van der Waals surface area contributed by atoms with Gasteiger partial charge in [-0.1, -0.05) is 12.8 Å². The molecular weight excluding hydrogens is 525 g/mol. The van der Waals surface area contributed by atoms with Gasteiger partial charge < -0.3 is 21.1 Å². The van der Waals surface area contributed by atoms with Gasteiger partial charge in [-0.3, -0.25) is 13.9 Å². The highest BCUT2D eigenvalue weighted by molar-refractivity contribution is 5.96. The van der Waals surface area contributed by atoms with Gasteiger partial charge in [0.2, 0.25) is 0 Å². The molecule has 0 saturated heterocycles. The number of alkyl halides is 3. The number of hydrogen-bond donors (Lipinski definition) is 3. The lowest BCUT2D eigenvalue weighted by molar-refractivity contribution is -0.141. The zero-order valence-corrected chi connectivity index (χ0v) is 22.0. The van der Waals surface area contributed by atoms with Crippen LogP contribution in [-0.2, 0) is 17.3 Å². The number of imidazole rings is 1. The molecule has 10 nitrogen and oxygen atoms in total. The first-order valence-electron chi connectivity index (χ1n) is 12.6. The average molecular weight is 555 g/mol. The lowest BCUT2D eigenvalue weighted by Crippen LogP contribution is -2.28. The molecule has 4 N–H and O–H groups in total. The summed E-state index contributed by atoms with van der Waals surface area (Å²) in [5.41, 5.74) is 6.62. The molecular formula is C27H29F3N8O2. The number of halogens is 3. The van der Waals surface area contributed by atoms with Crippen molar-refractivity contribution < 1.29 is 22.7 Å². The fraction of sp³-hybridized carbons (Fsp3) is 0.333. The number of carbonyl (C=O) groups is 1. The Balaban J connectivity index is 1.62. The van der Waals surface area contributed by atoms with Crippen molar-refractivity contribution in [3.8, 4) is 23.6 Å². The van der Waals surface area contributed by atoms with E-state index >= 15 is 0 Å². The second kappa shape index (κ2) is 12.2. The molecule has 1 unspecified atom stereocenters. The van der Waals surface area contributed by atoms with Gasteiger partial charge in [0.1, 0.15) is 6.04 Å². The number of aryl methyl sites for hydroxylation is 1. The normalized spacial score (nSPS) is 12.3. The Hall–Kier alpha value is -4.41. The molecule has 3 aromatic heterocycles. The van der Waals surface area contributed by atoms with Gasteiger partial charge in [0.15, 0.2) is 17.2 Å². The summed E-state index contributed by atoms with van der Waals surface area (Å²) in [6.45, 7) is 5.06. The number of terminal acetylenes is 1. The molecule has 4 rings (SSSR count). The highest BCUT2D eigenvalue weighted by Crippen LogP contribution is 2.37. The molecule has 210 valence electrons. The number of ether oxygens (including phenoxy) is 1. The summed E-state index contributed by atoms with van der Waals surface area (Å²) in [5.74, 6) is 2.48. The van der Waals surface area contributed by atoms with E-state index in [2.05, 4.69) is 31.6 Å². The zero-order chi connectivity index (χ0) is 28.9. The zero-order valence-electron chi connectivity index (χ0n) is 22.0. The Morgan fingerprint density at radius 3 is 2.77 bits per heavy atom. The van der Waals surface area contributed by atoms with E-state index in [4.69, 9.17) is 16.9 Å². The second-order valence-corrected chi connectivity index (χ2v) is 8.83. The highest BCUT2D eigenvalue weighted by atomic mass is 19.4. The summed E-state index contributed by atoms with van der Waals surface area (Å²) in [4.78, 5) is 21.3. The number of nitrogens with one attached hydrogen (secondary N) is 2. The van der Waals surface area contributed by atoms with Crippen molar-refractivity contribution in [3.05, 3.63) is 59.8 Å². The minimum Gasteiger partial charge on any atom is -0.378 e. The lowest BCUT2D eigenvalue weighted by Gasteiger charge is -2.13. The molecule has 0 aliphatic heterocycles. The summed E-state index contributed by atoms with van der Waals surface area (Å²) in [5, 5.41) is 9.70. The quantitative estimate of drug-likeness (QED) is 0.190. The van der Waals surface area contributed by atoms with E-state index < -0.39 is 17.9 Å². The van der Waals surface area contributed by atoms with Crippen LogP contribution in [0.3, 0.4) is 0 Å². The van der Waals surface area contributed by atoms with E-state index in [9.17, 15) is 18.0 Å². The molecule has 40 heavy (non-hydrogen) atoms. The molecule has 0 spiro atoms. The van der Waals surface area contributed by atoms with Crippen molar-refractivity contribution >= 4 is 23.1 Å². The molecule has 0 radical (unpaired) electrons. The SMILES string of the molecule is C#CC(C)n1cc(-c2cnc3c(Nc4ccc(C(=O)NCCOCCN)c(CC)c4)nccn23)c(C(F)(F)F)n1. The summed E-state index contributed by atoms with van der Waals surface area (Å²) >= 11 is 0. The van der Waals surface area contributed by atoms with Crippen molar-refractivity contribution in [1.82, 2.24) is 29.5 Å². The van der Waals surface area contributed by atoms with Gasteiger partial charge in [-0.15, -0.1) is 6.42 Å². The molecule has 13 heteroatoms. The summed E-state index contributed by atoms with van der Waals surface area (Å²) in [7, 11) is 0. The van der Waals surface area contributed by atoms with Crippen LogP contribution in [-0.4, -0.2) is 56.4 Å². The minimum absolute atomic E-state index is 0.156. The second-order valence-electron chi connectivity index (χ2n) is 8.83. The first-order valence-corrected chi connectivity index (χ1v) is 12.6. The molecule has 1 aromatic carbocycles. The summed E-state index contributed by atoms with van der Waals surface area (Å²) in [6.07, 6.45) is 6.87. The number of hydrogen-bond acceptors (Lipinski definition) is 7. The predicted octanol–water partition coefficient (Wildman–Crippen LogP) is 3.82. The number of nitrogens with two attached hydrogens (primary N) is 1. The van der Waals surface area contributed by atoms with Crippen LogP contribution in [0.25, 0.3) is 16.9 Å². The maximum absolute atomic E-state index is 13.8. The Labute approximate surface area is 228 Å². The topological polar surface area (TPSA) is 124 Å². The van der Waals surface area contributed by atoms with Crippen molar-refractivity contribution in [2.24, 2.45) is 5.73 Å². The number of carbonyl (C=O) groups excluding carboxylic acids is 1. The van der Waals surface area contributed by atoms with Crippen LogP contribution < -0.4 is 16.4 Å². The van der Waals surface area contributed by atoms with Gasteiger partial charge in [-0.2, -0.15) is 18.3 Å². The molecule has 0 saturated carbocycles.